The van der Waals surface area contributed by atoms with Gasteiger partial charge >= 0.3 is 0 Å². The van der Waals surface area contributed by atoms with Crippen molar-refractivity contribution in [2.75, 3.05) is 19.8 Å². The molecule has 1 aliphatic rings. The number of hydrogen-bond acceptors (Lipinski definition) is 3. The summed E-state index contributed by atoms with van der Waals surface area (Å²) in [5.74, 6) is -0.150. The molecule has 98 valence electrons. The van der Waals surface area contributed by atoms with Gasteiger partial charge in [-0.2, -0.15) is 0 Å². The van der Waals surface area contributed by atoms with Gasteiger partial charge in [-0.25, -0.2) is 0 Å². The number of aliphatic hydroxyl groups is 1. The van der Waals surface area contributed by atoms with Crippen molar-refractivity contribution < 1.29 is 14.6 Å². The average molecular weight is 270 g/mol. The van der Waals surface area contributed by atoms with E-state index >= 15 is 0 Å². The molecule has 0 radical (unpaired) electrons. The summed E-state index contributed by atoms with van der Waals surface area (Å²) in [6.07, 6.45) is 0.774. The molecular weight excluding hydrogens is 254 g/mol. The van der Waals surface area contributed by atoms with E-state index in [-0.39, 0.29) is 25.5 Å². The Morgan fingerprint density at radius 3 is 2.94 bits per heavy atom. The predicted molar refractivity (Wildman–Crippen MR) is 68.6 cm³/mol. The number of nitrogens with one attached hydrogen (secondary N) is 1. The van der Waals surface area contributed by atoms with Gasteiger partial charge in [0.2, 0.25) is 5.91 Å². The van der Waals surface area contributed by atoms with Crippen molar-refractivity contribution in [1.82, 2.24) is 5.32 Å². The van der Waals surface area contributed by atoms with Gasteiger partial charge in [0.1, 0.15) is 5.60 Å². The Bertz CT molecular complexity index is 430. The van der Waals surface area contributed by atoms with Crippen LogP contribution in [0.25, 0.3) is 0 Å². The lowest BCUT2D eigenvalue weighted by molar-refractivity contribution is -0.121. The monoisotopic (exact) mass is 269 g/mol. The molecular formula is C13H16ClNO3. The summed E-state index contributed by atoms with van der Waals surface area (Å²) in [5, 5.41) is 13.3. The second-order valence-electron chi connectivity index (χ2n) is 4.57. The first kappa shape index (κ1) is 13.3. The van der Waals surface area contributed by atoms with E-state index in [9.17, 15) is 9.90 Å². The Hall–Kier alpha value is -1.10. The first-order chi connectivity index (χ1) is 8.59. The van der Waals surface area contributed by atoms with E-state index in [1.165, 1.54) is 0 Å². The standard InChI is InChI=1S/C13H16ClNO3/c14-11-4-2-1-3-10(11)7-12(16)15-8-13(17)5-6-18-9-13/h1-4,17H,5-9H2,(H,15,16). The predicted octanol–water partition coefficient (Wildman–Crippen LogP) is 1.15. The van der Waals surface area contributed by atoms with Gasteiger partial charge in [0, 0.05) is 24.6 Å². The van der Waals surface area contributed by atoms with Gasteiger partial charge in [-0.1, -0.05) is 29.8 Å². The molecule has 1 unspecified atom stereocenters. The van der Waals surface area contributed by atoms with Crippen molar-refractivity contribution in [3.63, 3.8) is 0 Å². The Morgan fingerprint density at radius 2 is 2.28 bits per heavy atom. The number of benzene rings is 1. The zero-order valence-electron chi connectivity index (χ0n) is 9.99. The zero-order chi connectivity index (χ0) is 13.0. The van der Waals surface area contributed by atoms with Gasteiger partial charge in [0.15, 0.2) is 0 Å². The molecule has 2 rings (SSSR count). The minimum absolute atomic E-state index is 0.150. The van der Waals surface area contributed by atoms with Crippen molar-refractivity contribution in [2.45, 2.75) is 18.4 Å². The van der Waals surface area contributed by atoms with Crippen LogP contribution < -0.4 is 5.32 Å². The Balaban J connectivity index is 1.84. The Labute approximate surface area is 111 Å². The smallest absolute Gasteiger partial charge is 0.224 e. The van der Waals surface area contributed by atoms with Crippen LogP contribution in [0.2, 0.25) is 5.02 Å². The number of halogens is 1. The number of ether oxygens (including phenoxy) is 1. The summed E-state index contributed by atoms with van der Waals surface area (Å²) in [5.41, 5.74) is -0.137. The van der Waals surface area contributed by atoms with E-state index in [0.717, 1.165) is 5.56 Å². The van der Waals surface area contributed by atoms with Crippen LogP contribution in [-0.2, 0) is 16.0 Å². The molecule has 1 aliphatic heterocycles. The molecule has 2 N–H and O–H groups in total. The van der Waals surface area contributed by atoms with E-state index in [1.54, 1.807) is 6.07 Å². The Kier molecular flexibility index (Phi) is 4.22. The van der Waals surface area contributed by atoms with Crippen molar-refractivity contribution in [2.24, 2.45) is 0 Å². The van der Waals surface area contributed by atoms with Crippen LogP contribution in [0.1, 0.15) is 12.0 Å². The molecule has 1 atom stereocenters. The third-order valence-electron chi connectivity index (χ3n) is 3.01. The van der Waals surface area contributed by atoms with Gasteiger partial charge in [-0.3, -0.25) is 4.79 Å². The highest BCUT2D eigenvalue weighted by molar-refractivity contribution is 6.31. The highest BCUT2D eigenvalue weighted by Crippen LogP contribution is 2.18. The topological polar surface area (TPSA) is 58.6 Å². The fraction of sp³-hybridized carbons (Fsp3) is 0.462. The number of carbonyl (C=O) groups excluding carboxylic acids is 1. The number of carbonyl (C=O) groups is 1. The van der Waals surface area contributed by atoms with E-state index in [2.05, 4.69) is 5.32 Å². The minimum Gasteiger partial charge on any atom is -0.386 e. The molecule has 0 saturated carbocycles. The lowest BCUT2D eigenvalue weighted by Gasteiger charge is -2.20. The van der Waals surface area contributed by atoms with Crippen LogP contribution in [0, 0.1) is 0 Å². The molecule has 18 heavy (non-hydrogen) atoms. The van der Waals surface area contributed by atoms with Gasteiger partial charge in [-0.15, -0.1) is 0 Å². The summed E-state index contributed by atoms with van der Waals surface area (Å²) >= 11 is 5.97. The summed E-state index contributed by atoms with van der Waals surface area (Å²) in [4.78, 5) is 11.7. The van der Waals surface area contributed by atoms with Crippen LogP contribution >= 0.6 is 11.6 Å². The SMILES string of the molecule is O=C(Cc1ccccc1Cl)NCC1(O)CCOC1. The molecule has 1 aromatic rings. The second-order valence-corrected chi connectivity index (χ2v) is 4.98. The van der Waals surface area contributed by atoms with E-state index < -0.39 is 5.60 Å². The third-order valence-corrected chi connectivity index (χ3v) is 3.37. The molecule has 0 spiro atoms. The molecule has 0 bridgehead atoms. The summed E-state index contributed by atoms with van der Waals surface area (Å²) < 4.78 is 5.11. The van der Waals surface area contributed by atoms with E-state index in [4.69, 9.17) is 16.3 Å². The van der Waals surface area contributed by atoms with E-state index in [1.807, 2.05) is 18.2 Å². The minimum atomic E-state index is -0.920. The highest BCUT2D eigenvalue weighted by atomic mass is 35.5. The summed E-state index contributed by atoms with van der Waals surface area (Å²) in [6, 6.07) is 7.23. The maximum absolute atomic E-state index is 11.7. The quantitative estimate of drug-likeness (QED) is 0.862. The van der Waals surface area contributed by atoms with Crippen molar-refractivity contribution in [3.8, 4) is 0 Å². The first-order valence-corrected chi connectivity index (χ1v) is 6.27. The molecule has 4 nitrogen and oxygen atoms in total. The van der Waals surface area contributed by atoms with Crippen LogP contribution in [0.5, 0.6) is 0 Å². The fourth-order valence-electron chi connectivity index (χ4n) is 1.88. The third kappa shape index (κ3) is 3.45. The van der Waals surface area contributed by atoms with Crippen molar-refractivity contribution >= 4 is 17.5 Å². The summed E-state index contributed by atoms with van der Waals surface area (Å²) in [6.45, 7) is 1.03. The van der Waals surface area contributed by atoms with Crippen LogP contribution in [0.4, 0.5) is 0 Å². The lowest BCUT2D eigenvalue weighted by atomic mass is 10.0. The molecule has 0 aromatic heterocycles. The van der Waals surface area contributed by atoms with Gasteiger partial charge < -0.3 is 15.2 Å². The second kappa shape index (κ2) is 5.69. The van der Waals surface area contributed by atoms with Crippen molar-refractivity contribution in [3.05, 3.63) is 34.9 Å². The lowest BCUT2D eigenvalue weighted by Crippen LogP contribution is -2.43. The molecule has 5 heteroatoms. The molecule has 1 fully saturated rings. The van der Waals surface area contributed by atoms with Gasteiger partial charge in [0.25, 0.3) is 0 Å². The average Bonchev–Trinajstić information content (AvgIpc) is 2.77. The first-order valence-electron chi connectivity index (χ1n) is 5.89. The Morgan fingerprint density at radius 1 is 1.50 bits per heavy atom. The highest BCUT2D eigenvalue weighted by Gasteiger charge is 2.32. The molecule has 1 aromatic carbocycles. The van der Waals surface area contributed by atoms with Gasteiger partial charge in [-0.05, 0) is 11.6 Å². The maximum atomic E-state index is 11.7. The van der Waals surface area contributed by atoms with Crippen LogP contribution in [-0.4, -0.2) is 36.4 Å². The molecule has 1 heterocycles. The molecule has 1 saturated heterocycles. The normalized spacial score (nSPS) is 23.0. The van der Waals surface area contributed by atoms with Crippen molar-refractivity contribution in [1.29, 1.82) is 0 Å². The largest absolute Gasteiger partial charge is 0.386 e. The van der Waals surface area contributed by atoms with Crippen LogP contribution in [0.3, 0.4) is 0 Å². The zero-order valence-corrected chi connectivity index (χ0v) is 10.7. The maximum Gasteiger partial charge on any atom is 0.224 e. The molecule has 1 amide bonds. The number of hydrogen-bond donors (Lipinski definition) is 2. The van der Waals surface area contributed by atoms with Gasteiger partial charge in [0.05, 0.1) is 13.0 Å². The van der Waals surface area contributed by atoms with E-state index in [0.29, 0.717) is 18.1 Å². The number of amides is 1. The summed E-state index contributed by atoms with van der Waals surface area (Å²) in [7, 11) is 0. The number of rotatable bonds is 4. The molecule has 0 aliphatic carbocycles. The van der Waals surface area contributed by atoms with Crippen LogP contribution in [0.15, 0.2) is 24.3 Å². The fourth-order valence-corrected chi connectivity index (χ4v) is 2.08.